The highest BCUT2D eigenvalue weighted by Crippen LogP contribution is 2.21. The largest absolute Gasteiger partial charge is 0.324 e. The van der Waals surface area contributed by atoms with E-state index in [4.69, 9.17) is 0 Å². The smallest absolute Gasteiger partial charge is 0.274 e. The van der Waals surface area contributed by atoms with E-state index in [9.17, 15) is 0 Å². The number of rotatable bonds is 3. The Hall–Kier alpha value is -0.910. The Morgan fingerprint density at radius 2 is 2.05 bits per heavy atom. The number of anilines is 1. The second-order valence-corrected chi connectivity index (χ2v) is 7.42. The van der Waals surface area contributed by atoms with Gasteiger partial charge < -0.3 is 4.90 Å². The van der Waals surface area contributed by atoms with Gasteiger partial charge in [-0.1, -0.05) is 6.07 Å². The molecular formula is C14H18BrN3S+2. The molecule has 0 bridgehead atoms. The molecule has 2 aromatic heterocycles. The Morgan fingerprint density at radius 3 is 2.68 bits per heavy atom. The van der Waals surface area contributed by atoms with Crippen molar-refractivity contribution in [2.75, 3.05) is 31.1 Å². The van der Waals surface area contributed by atoms with Crippen LogP contribution >= 0.6 is 27.3 Å². The zero-order valence-corrected chi connectivity index (χ0v) is 13.1. The van der Waals surface area contributed by atoms with Crippen molar-refractivity contribution in [3.63, 3.8) is 0 Å². The third kappa shape index (κ3) is 3.35. The maximum absolute atomic E-state index is 3.53. The molecule has 2 N–H and O–H groups in total. The third-order valence-corrected chi connectivity index (χ3v) is 5.18. The molecular weight excluding hydrogens is 322 g/mol. The summed E-state index contributed by atoms with van der Waals surface area (Å²) in [7, 11) is 0. The van der Waals surface area contributed by atoms with E-state index >= 15 is 0 Å². The summed E-state index contributed by atoms with van der Waals surface area (Å²) in [6.07, 6.45) is 2.00. The lowest BCUT2D eigenvalue weighted by atomic mass is 10.3. The fraction of sp³-hybridized carbons (Fsp3) is 0.357. The van der Waals surface area contributed by atoms with Gasteiger partial charge in [0.15, 0.2) is 0 Å². The number of piperazine rings is 1. The molecule has 5 heteroatoms. The van der Waals surface area contributed by atoms with Crippen molar-refractivity contribution in [1.29, 1.82) is 0 Å². The Morgan fingerprint density at radius 1 is 1.21 bits per heavy atom. The molecule has 3 nitrogen and oxygen atoms in total. The van der Waals surface area contributed by atoms with Crippen molar-refractivity contribution in [3.05, 3.63) is 45.2 Å². The van der Waals surface area contributed by atoms with Crippen molar-refractivity contribution in [2.45, 2.75) is 6.54 Å². The molecule has 0 aliphatic carbocycles. The van der Waals surface area contributed by atoms with E-state index in [1.54, 1.807) is 4.90 Å². The quantitative estimate of drug-likeness (QED) is 0.892. The molecule has 1 saturated heterocycles. The second kappa shape index (κ2) is 6.03. The van der Waals surface area contributed by atoms with Crippen LogP contribution in [0.1, 0.15) is 4.88 Å². The molecule has 0 spiro atoms. The van der Waals surface area contributed by atoms with E-state index in [1.165, 1.54) is 27.6 Å². The zero-order chi connectivity index (χ0) is 13.1. The van der Waals surface area contributed by atoms with Gasteiger partial charge in [-0.3, -0.25) is 4.90 Å². The molecule has 2 aromatic rings. The number of nitrogens with one attached hydrogen (secondary N) is 2. The first kappa shape index (κ1) is 13.1. The van der Waals surface area contributed by atoms with Crippen LogP contribution in [0.5, 0.6) is 0 Å². The summed E-state index contributed by atoms with van der Waals surface area (Å²) in [5.41, 5.74) is 0. The summed E-state index contributed by atoms with van der Waals surface area (Å²) in [5.74, 6) is 1.24. The van der Waals surface area contributed by atoms with Crippen molar-refractivity contribution < 1.29 is 9.88 Å². The lowest BCUT2D eigenvalue weighted by Crippen LogP contribution is -3.13. The molecule has 0 aromatic carbocycles. The number of halogens is 1. The fourth-order valence-electron chi connectivity index (χ4n) is 2.51. The molecule has 19 heavy (non-hydrogen) atoms. The normalized spacial score (nSPS) is 16.8. The van der Waals surface area contributed by atoms with Crippen LogP contribution in [0.4, 0.5) is 5.82 Å². The van der Waals surface area contributed by atoms with E-state index in [-0.39, 0.29) is 0 Å². The molecule has 0 unspecified atom stereocenters. The van der Waals surface area contributed by atoms with Gasteiger partial charge in [-0.05, 0) is 34.1 Å². The van der Waals surface area contributed by atoms with E-state index in [1.807, 2.05) is 23.6 Å². The third-order valence-electron chi connectivity index (χ3n) is 3.56. The maximum Gasteiger partial charge on any atom is 0.274 e. The van der Waals surface area contributed by atoms with Crippen LogP contribution in [0, 0.1) is 0 Å². The van der Waals surface area contributed by atoms with Gasteiger partial charge >= 0.3 is 0 Å². The van der Waals surface area contributed by atoms with Crippen molar-refractivity contribution in [1.82, 2.24) is 0 Å². The van der Waals surface area contributed by atoms with Gasteiger partial charge in [0.25, 0.3) is 5.82 Å². The Bertz CT molecular complexity index is 520. The number of aromatic nitrogens is 1. The molecule has 0 radical (unpaired) electrons. The predicted molar refractivity (Wildman–Crippen MR) is 81.6 cm³/mol. The zero-order valence-electron chi connectivity index (χ0n) is 10.7. The minimum Gasteiger partial charge on any atom is -0.324 e. The molecule has 3 rings (SSSR count). The minimum absolute atomic E-state index is 1.13. The van der Waals surface area contributed by atoms with Crippen LogP contribution in [-0.4, -0.2) is 26.2 Å². The van der Waals surface area contributed by atoms with Gasteiger partial charge in [0, 0.05) is 6.07 Å². The topological polar surface area (TPSA) is 21.8 Å². The number of quaternary nitrogens is 1. The predicted octanol–water partition coefficient (Wildman–Crippen LogP) is 1.23. The summed E-state index contributed by atoms with van der Waals surface area (Å²) in [6, 6.07) is 10.7. The van der Waals surface area contributed by atoms with Crippen LogP contribution in [0.25, 0.3) is 0 Å². The number of hydrogen-bond donors (Lipinski definition) is 1. The van der Waals surface area contributed by atoms with Crippen LogP contribution in [0.15, 0.2) is 40.3 Å². The maximum atomic E-state index is 3.53. The van der Waals surface area contributed by atoms with Gasteiger partial charge in [-0.15, -0.1) is 11.3 Å². The number of nitrogens with zero attached hydrogens (tertiary/aromatic N) is 1. The summed E-state index contributed by atoms with van der Waals surface area (Å²) < 4.78 is 1.24. The van der Waals surface area contributed by atoms with E-state index in [0.29, 0.717) is 0 Å². The van der Waals surface area contributed by atoms with Crippen molar-refractivity contribution in [2.24, 2.45) is 0 Å². The molecule has 1 aliphatic heterocycles. The fourth-order valence-corrected chi connectivity index (χ4v) is 4.07. The highest BCUT2D eigenvalue weighted by atomic mass is 79.9. The molecule has 3 heterocycles. The number of aromatic amines is 1. The second-order valence-electron chi connectivity index (χ2n) is 4.87. The van der Waals surface area contributed by atoms with Crippen LogP contribution < -0.4 is 14.8 Å². The van der Waals surface area contributed by atoms with Gasteiger partial charge in [-0.2, -0.15) is 0 Å². The van der Waals surface area contributed by atoms with Gasteiger partial charge in [0.1, 0.15) is 32.7 Å². The van der Waals surface area contributed by atoms with Crippen molar-refractivity contribution in [3.8, 4) is 0 Å². The minimum atomic E-state index is 1.13. The summed E-state index contributed by atoms with van der Waals surface area (Å²) in [5, 5.41) is 0. The summed E-state index contributed by atoms with van der Waals surface area (Å²) >= 11 is 5.39. The first-order valence-corrected chi connectivity index (χ1v) is 8.22. The molecule has 0 atom stereocenters. The van der Waals surface area contributed by atoms with E-state index < -0.39 is 0 Å². The molecule has 100 valence electrons. The lowest BCUT2D eigenvalue weighted by Gasteiger charge is -2.27. The standard InChI is InChI=1S/C14H16BrN3S/c15-13-5-4-12(19-13)11-17-7-9-18(10-8-17)14-3-1-2-6-16-14/h1-6H,7-11H2/p+2. The first-order valence-electron chi connectivity index (χ1n) is 6.61. The Kier molecular flexibility index (Phi) is 4.15. The van der Waals surface area contributed by atoms with Crippen LogP contribution in [-0.2, 0) is 6.54 Å². The highest BCUT2D eigenvalue weighted by molar-refractivity contribution is 9.11. The molecule has 1 fully saturated rings. The Labute approximate surface area is 126 Å². The van der Waals surface area contributed by atoms with E-state index in [0.717, 1.165) is 19.6 Å². The first-order chi connectivity index (χ1) is 9.31. The average molecular weight is 340 g/mol. The van der Waals surface area contributed by atoms with Crippen LogP contribution in [0.2, 0.25) is 0 Å². The number of pyridine rings is 1. The number of thiophene rings is 1. The monoisotopic (exact) mass is 339 g/mol. The molecule has 0 saturated carbocycles. The number of hydrogen-bond acceptors (Lipinski definition) is 2. The van der Waals surface area contributed by atoms with Gasteiger partial charge in [-0.25, -0.2) is 4.98 Å². The summed E-state index contributed by atoms with van der Waals surface area (Å²) in [6.45, 7) is 5.82. The SMILES string of the molecule is Brc1ccc(C[NH+]2CCN(c3cccc[nH+]3)CC2)s1. The molecule has 0 amide bonds. The highest BCUT2D eigenvalue weighted by Gasteiger charge is 2.25. The van der Waals surface area contributed by atoms with Gasteiger partial charge in [0.2, 0.25) is 0 Å². The molecule has 1 aliphatic rings. The van der Waals surface area contributed by atoms with Crippen LogP contribution in [0.3, 0.4) is 0 Å². The number of H-pyrrole nitrogens is 1. The summed E-state index contributed by atoms with van der Waals surface area (Å²) in [4.78, 5) is 8.91. The van der Waals surface area contributed by atoms with E-state index in [2.05, 4.69) is 50.1 Å². The average Bonchev–Trinajstić information content (AvgIpc) is 2.86. The van der Waals surface area contributed by atoms with Gasteiger partial charge in [0.05, 0.1) is 14.9 Å². The lowest BCUT2D eigenvalue weighted by molar-refractivity contribution is -0.914. The van der Waals surface area contributed by atoms with Crippen molar-refractivity contribution >= 4 is 33.1 Å². The Balaban J connectivity index is 1.55.